The van der Waals surface area contributed by atoms with Gasteiger partial charge >= 0.3 is 6.03 Å². The Hall–Kier alpha value is -1.66. The van der Waals surface area contributed by atoms with Crippen LogP contribution in [0.1, 0.15) is 17.4 Å². The summed E-state index contributed by atoms with van der Waals surface area (Å²) in [5.74, 6) is 4.92. The molecule has 88 valence electrons. The van der Waals surface area contributed by atoms with Gasteiger partial charge in [0.05, 0.1) is 11.2 Å². The Balaban J connectivity index is 2.80. The average Bonchev–Trinajstić information content (AvgIpc) is 2.66. The number of fused-ring (bicyclic) bond motifs is 1. The first-order valence-corrected chi connectivity index (χ1v) is 5.67. The van der Waals surface area contributed by atoms with E-state index in [1.807, 2.05) is 11.5 Å². The first kappa shape index (κ1) is 11.8. The first-order chi connectivity index (χ1) is 8.04. The summed E-state index contributed by atoms with van der Waals surface area (Å²) in [5, 5.41) is 0.799. The van der Waals surface area contributed by atoms with Gasteiger partial charge in [0.25, 0.3) is 0 Å². The number of aromatic nitrogens is 1. The molecule has 0 atom stereocenters. The number of carbonyl (C=O) groups is 2. The number of amides is 1. The smallest absolute Gasteiger partial charge is 0.293 e. The predicted octanol–water partition coefficient (Wildman–Crippen LogP) is 2.04. The molecule has 6 heteroatoms. The number of Topliss-reactive ketones (excluding diaryl/α,β-unsaturated/α-hetero) is 1. The summed E-state index contributed by atoms with van der Waals surface area (Å²) < 4.78 is 2.15. The third-order valence-electron chi connectivity index (χ3n) is 2.45. The highest BCUT2D eigenvalue weighted by Gasteiger charge is 2.17. The second-order valence-corrected chi connectivity index (χ2v) is 4.49. The molecule has 0 spiro atoms. The van der Waals surface area contributed by atoms with Gasteiger partial charge in [-0.25, -0.2) is 10.6 Å². The molecule has 0 aliphatic carbocycles. The molecule has 5 nitrogen and oxygen atoms in total. The number of hydrogen-bond donors (Lipinski definition) is 2. The third kappa shape index (κ3) is 1.96. The number of nitrogens with two attached hydrogens (primary N) is 1. The molecule has 0 radical (unpaired) electrons. The molecule has 0 unspecified atom stereocenters. The minimum atomic E-state index is -0.535. The second-order valence-electron chi connectivity index (χ2n) is 3.57. The molecule has 3 N–H and O–H groups in total. The number of nitrogens with one attached hydrogen (secondary N) is 1. The molecule has 0 aliphatic rings. The normalized spacial score (nSPS) is 10.5. The van der Waals surface area contributed by atoms with Crippen molar-refractivity contribution in [3.05, 3.63) is 34.4 Å². The van der Waals surface area contributed by atoms with Gasteiger partial charge in [0, 0.05) is 16.8 Å². The number of ketones is 1. The van der Waals surface area contributed by atoms with Crippen molar-refractivity contribution in [1.82, 2.24) is 9.99 Å². The van der Waals surface area contributed by atoms with E-state index in [0.29, 0.717) is 11.2 Å². The highest BCUT2D eigenvalue weighted by Crippen LogP contribution is 2.23. The summed E-state index contributed by atoms with van der Waals surface area (Å²) in [6, 6.07) is 6.51. The number of nitrogen functional groups attached to an aromatic ring is 1. The van der Waals surface area contributed by atoms with Crippen molar-refractivity contribution in [3.63, 3.8) is 0 Å². The largest absolute Gasteiger partial charge is 0.340 e. The molecule has 2 rings (SSSR count). The zero-order valence-electron chi connectivity index (χ0n) is 9.03. The van der Waals surface area contributed by atoms with E-state index in [0.717, 1.165) is 9.86 Å². The highest BCUT2D eigenvalue weighted by atomic mass is 79.9. The van der Waals surface area contributed by atoms with Crippen LogP contribution in [0.3, 0.4) is 0 Å². The van der Waals surface area contributed by atoms with Crippen molar-refractivity contribution < 1.29 is 9.59 Å². The SMILES string of the molecule is CC(=O)c1cc2cc(Br)ccc2n1C(=O)NN. The van der Waals surface area contributed by atoms with Crippen LogP contribution < -0.4 is 11.3 Å². The number of nitrogens with zero attached hydrogens (tertiary/aromatic N) is 1. The van der Waals surface area contributed by atoms with Crippen LogP contribution in [-0.2, 0) is 0 Å². The van der Waals surface area contributed by atoms with E-state index in [9.17, 15) is 9.59 Å². The molecule has 0 fully saturated rings. The quantitative estimate of drug-likeness (QED) is 0.366. The summed E-state index contributed by atoms with van der Waals surface area (Å²) >= 11 is 3.34. The minimum Gasteiger partial charge on any atom is -0.293 e. The topological polar surface area (TPSA) is 77.1 Å². The standard InChI is InChI=1S/C11H10BrN3O2/c1-6(16)10-5-7-4-8(12)2-3-9(7)15(10)11(17)14-13/h2-5H,13H2,1H3,(H,14,17). The maximum absolute atomic E-state index is 11.7. The van der Waals surface area contributed by atoms with Gasteiger partial charge in [-0.05, 0) is 24.3 Å². The summed E-state index contributed by atoms with van der Waals surface area (Å²) in [6.45, 7) is 1.41. The van der Waals surface area contributed by atoms with Crippen LogP contribution >= 0.6 is 15.9 Å². The van der Waals surface area contributed by atoms with Gasteiger partial charge in [0.1, 0.15) is 0 Å². The van der Waals surface area contributed by atoms with Gasteiger partial charge in [-0.2, -0.15) is 0 Å². The van der Waals surface area contributed by atoms with E-state index in [1.54, 1.807) is 18.2 Å². The first-order valence-electron chi connectivity index (χ1n) is 4.87. The lowest BCUT2D eigenvalue weighted by Crippen LogP contribution is -2.35. The Kier molecular flexibility index (Phi) is 2.99. The molecule has 1 heterocycles. The lowest BCUT2D eigenvalue weighted by molar-refractivity contribution is 0.101. The molecule has 17 heavy (non-hydrogen) atoms. The van der Waals surface area contributed by atoms with Crippen LogP contribution in [0.25, 0.3) is 10.9 Å². The van der Waals surface area contributed by atoms with E-state index in [2.05, 4.69) is 15.9 Å². The maximum atomic E-state index is 11.7. The van der Waals surface area contributed by atoms with Crippen LogP contribution in [0.4, 0.5) is 4.79 Å². The van der Waals surface area contributed by atoms with Gasteiger partial charge in [-0.15, -0.1) is 0 Å². The number of halogens is 1. The van der Waals surface area contributed by atoms with Gasteiger partial charge in [-0.1, -0.05) is 15.9 Å². The van der Waals surface area contributed by atoms with Gasteiger partial charge in [0.15, 0.2) is 5.78 Å². The van der Waals surface area contributed by atoms with Crippen molar-refractivity contribution in [3.8, 4) is 0 Å². The number of benzene rings is 1. The number of carbonyl (C=O) groups excluding carboxylic acids is 2. The van der Waals surface area contributed by atoms with E-state index >= 15 is 0 Å². The number of rotatable bonds is 1. The van der Waals surface area contributed by atoms with Gasteiger partial charge in [-0.3, -0.25) is 14.8 Å². The molecule has 1 aromatic carbocycles. The fourth-order valence-electron chi connectivity index (χ4n) is 1.73. The lowest BCUT2D eigenvalue weighted by atomic mass is 10.2. The van der Waals surface area contributed by atoms with Crippen LogP contribution in [0, 0.1) is 0 Å². The number of hydrogen-bond acceptors (Lipinski definition) is 3. The monoisotopic (exact) mass is 295 g/mol. The fourth-order valence-corrected chi connectivity index (χ4v) is 2.11. The summed E-state index contributed by atoms with van der Waals surface area (Å²) in [5.41, 5.74) is 2.98. The van der Waals surface area contributed by atoms with E-state index in [-0.39, 0.29) is 5.78 Å². The fraction of sp³-hybridized carbons (Fsp3) is 0.0909. The number of hydrazine groups is 1. The summed E-state index contributed by atoms with van der Waals surface area (Å²) in [7, 11) is 0. The third-order valence-corrected chi connectivity index (χ3v) is 2.94. The Bertz CT molecular complexity index is 618. The lowest BCUT2D eigenvalue weighted by Gasteiger charge is -2.05. The van der Waals surface area contributed by atoms with E-state index in [1.165, 1.54) is 11.5 Å². The van der Waals surface area contributed by atoms with Crippen molar-refractivity contribution in [2.45, 2.75) is 6.92 Å². The Morgan fingerprint density at radius 3 is 2.65 bits per heavy atom. The van der Waals surface area contributed by atoms with Crippen LogP contribution in [0.2, 0.25) is 0 Å². The minimum absolute atomic E-state index is 0.194. The van der Waals surface area contributed by atoms with Crippen molar-refractivity contribution >= 4 is 38.6 Å². The summed E-state index contributed by atoms with van der Waals surface area (Å²) in [4.78, 5) is 23.1. The average molecular weight is 296 g/mol. The van der Waals surface area contributed by atoms with Crippen molar-refractivity contribution in [2.75, 3.05) is 0 Å². The Labute approximate surface area is 106 Å². The van der Waals surface area contributed by atoms with E-state index in [4.69, 9.17) is 5.84 Å². The molecule has 0 bridgehead atoms. The molecule has 0 saturated heterocycles. The molecule has 0 aliphatic heterocycles. The highest BCUT2D eigenvalue weighted by molar-refractivity contribution is 9.10. The van der Waals surface area contributed by atoms with Gasteiger partial charge < -0.3 is 0 Å². The molecule has 1 amide bonds. The van der Waals surface area contributed by atoms with E-state index < -0.39 is 6.03 Å². The predicted molar refractivity (Wildman–Crippen MR) is 67.8 cm³/mol. The molecule has 0 saturated carbocycles. The molecule has 1 aromatic heterocycles. The Morgan fingerprint density at radius 1 is 1.35 bits per heavy atom. The molecular formula is C11H10BrN3O2. The summed E-state index contributed by atoms with van der Waals surface area (Å²) in [6.07, 6.45) is 0. The maximum Gasteiger partial charge on any atom is 0.340 e. The molecular weight excluding hydrogens is 286 g/mol. The van der Waals surface area contributed by atoms with Crippen molar-refractivity contribution in [2.24, 2.45) is 5.84 Å². The van der Waals surface area contributed by atoms with Crippen LogP contribution in [0.15, 0.2) is 28.7 Å². The zero-order valence-corrected chi connectivity index (χ0v) is 10.6. The van der Waals surface area contributed by atoms with Gasteiger partial charge in [0.2, 0.25) is 0 Å². The van der Waals surface area contributed by atoms with Crippen LogP contribution in [-0.4, -0.2) is 16.4 Å². The zero-order chi connectivity index (χ0) is 12.6. The van der Waals surface area contributed by atoms with Crippen molar-refractivity contribution in [1.29, 1.82) is 0 Å². The Morgan fingerprint density at radius 2 is 2.06 bits per heavy atom. The van der Waals surface area contributed by atoms with Crippen LogP contribution in [0.5, 0.6) is 0 Å². The molecule has 2 aromatic rings. The second kappa shape index (κ2) is 4.31.